The first kappa shape index (κ1) is 19.1. The molecule has 0 fully saturated rings. The second-order valence-electron chi connectivity index (χ2n) is 5.65. The summed E-state index contributed by atoms with van der Waals surface area (Å²) < 4.78 is 18.4. The van der Waals surface area contributed by atoms with E-state index in [9.17, 15) is 18.8 Å². The first-order valence-corrected chi connectivity index (χ1v) is 7.96. The molecule has 2 aromatic carbocycles. The third kappa shape index (κ3) is 5.41. The van der Waals surface area contributed by atoms with Gasteiger partial charge < -0.3 is 15.4 Å². The maximum absolute atomic E-state index is 13.5. The van der Waals surface area contributed by atoms with Crippen molar-refractivity contribution in [3.05, 3.63) is 65.5 Å². The number of carbonyl (C=O) groups excluding carboxylic acids is 3. The lowest BCUT2D eigenvalue weighted by Crippen LogP contribution is -2.36. The number of amides is 2. The number of carbonyl (C=O) groups is 3. The van der Waals surface area contributed by atoms with E-state index < -0.39 is 36.2 Å². The SMILES string of the molecule is Cc1ccc(NC(=O)C(C)OC(=O)CNC(=O)c2ccccc2F)cc1. The first-order chi connectivity index (χ1) is 12.4. The van der Waals surface area contributed by atoms with Crippen molar-refractivity contribution in [2.24, 2.45) is 0 Å². The Labute approximate surface area is 150 Å². The molecule has 0 aliphatic heterocycles. The van der Waals surface area contributed by atoms with E-state index in [0.29, 0.717) is 5.69 Å². The molecule has 2 aromatic rings. The molecule has 2 N–H and O–H groups in total. The molecule has 7 heteroatoms. The second kappa shape index (κ2) is 8.75. The number of benzene rings is 2. The summed E-state index contributed by atoms with van der Waals surface area (Å²) in [4.78, 5) is 35.6. The summed E-state index contributed by atoms with van der Waals surface area (Å²) in [6.07, 6.45) is -1.05. The van der Waals surface area contributed by atoms with Crippen molar-refractivity contribution in [3.8, 4) is 0 Å². The van der Waals surface area contributed by atoms with Crippen LogP contribution in [-0.2, 0) is 14.3 Å². The molecule has 0 heterocycles. The average molecular weight is 358 g/mol. The highest BCUT2D eigenvalue weighted by molar-refractivity contribution is 5.97. The number of ether oxygens (including phenoxy) is 1. The molecule has 0 aliphatic rings. The second-order valence-corrected chi connectivity index (χ2v) is 5.65. The van der Waals surface area contributed by atoms with Gasteiger partial charge in [0.15, 0.2) is 6.10 Å². The third-order valence-electron chi connectivity index (χ3n) is 3.51. The Morgan fingerprint density at radius 3 is 2.38 bits per heavy atom. The number of halogens is 1. The monoisotopic (exact) mass is 358 g/mol. The predicted octanol–water partition coefficient (Wildman–Crippen LogP) is 2.43. The largest absolute Gasteiger partial charge is 0.451 e. The van der Waals surface area contributed by atoms with Gasteiger partial charge in [0.05, 0.1) is 5.56 Å². The quantitative estimate of drug-likeness (QED) is 0.777. The van der Waals surface area contributed by atoms with Crippen molar-refractivity contribution >= 4 is 23.5 Å². The van der Waals surface area contributed by atoms with Crippen molar-refractivity contribution in [2.45, 2.75) is 20.0 Å². The van der Waals surface area contributed by atoms with Crippen LogP contribution in [0.3, 0.4) is 0 Å². The topological polar surface area (TPSA) is 84.5 Å². The number of esters is 1. The number of nitrogens with one attached hydrogen (secondary N) is 2. The summed E-state index contributed by atoms with van der Waals surface area (Å²) in [5.74, 6) is -2.73. The van der Waals surface area contributed by atoms with Crippen LogP contribution in [0.15, 0.2) is 48.5 Å². The van der Waals surface area contributed by atoms with E-state index in [1.165, 1.54) is 25.1 Å². The molecule has 1 atom stereocenters. The van der Waals surface area contributed by atoms with Crippen LogP contribution in [0.25, 0.3) is 0 Å². The zero-order chi connectivity index (χ0) is 19.1. The lowest BCUT2D eigenvalue weighted by Gasteiger charge is -2.14. The van der Waals surface area contributed by atoms with E-state index in [1.54, 1.807) is 12.1 Å². The van der Waals surface area contributed by atoms with Crippen molar-refractivity contribution < 1.29 is 23.5 Å². The number of hydrogen-bond donors (Lipinski definition) is 2. The van der Waals surface area contributed by atoms with Crippen LogP contribution in [0.4, 0.5) is 10.1 Å². The van der Waals surface area contributed by atoms with Crippen LogP contribution in [0, 0.1) is 12.7 Å². The first-order valence-electron chi connectivity index (χ1n) is 7.96. The van der Waals surface area contributed by atoms with E-state index in [1.807, 2.05) is 19.1 Å². The fourth-order valence-electron chi connectivity index (χ4n) is 2.07. The minimum Gasteiger partial charge on any atom is -0.451 e. The minimum absolute atomic E-state index is 0.175. The van der Waals surface area contributed by atoms with Crippen LogP contribution in [-0.4, -0.2) is 30.4 Å². The average Bonchev–Trinajstić information content (AvgIpc) is 2.62. The molecule has 26 heavy (non-hydrogen) atoms. The lowest BCUT2D eigenvalue weighted by molar-refractivity contribution is -0.152. The number of rotatable bonds is 6. The van der Waals surface area contributed by atoms with Gasteiger partial charge >= 0.3 is 5.97 Å². The van der Waals surface area contributed by atoms with E-state index in [2.05, 4.69) is 10.6 Å². The summed E-state index contributed by atoms with van der Waals surface area (Å²) in [5.41, 5.74) is 1.45. The normalized spacial score (nSPS) is 11.3. The Hall–Kier alpha value is -3.22. The van der Waals surface area contributed by atoms with Crippen molar-refractivity contribution in [3.63, 3.8) is 0 Å². The van der Waals surface area contributed by atoms with Crippen LogP contribution in [0.2, 0.25) is 0 Å². The number of anilines is 1. The van der Waals surface area contributed by atoms with Gasteiger partial charge in [-0.05, 0) is 38.1 Å². The zero-order valence-electron chi connectivity index (χ0n) is 14.4. The zero-order valence-corrected chi connectivity index (χ0v) is 14.4. The van der Waals surface area contributed by atoms with Crippen LogP contribution < -0.4 is 10.6 Å². The van der Waals surface area contributed by atoms with E-state index in [0.717, 1.165) is 11.6 Å². The Balaban J connectivity index is 1.81. The summed E-state index contributed by atoms with van der Waals surface area (Å²) in [6.45, 7) is 2.86. The van der Waals surface area contributed by atoms with Crippen LogP contribution >= 0.6 is 0 Å². The van der Waals surface area contributed by atoms with Gasteiger partial charge in [-0.1, -0.05) is 29.8 Å². The van der Waals surface area contributed by atoms with Gasteiger partial charge in [-0.2, -0.15) is 0 Å². The third-order valence-corrected chi connectivity index (χ3v) is 3.51. The molecule has 6 nitrogen and oxygen atoms in total. The molecule has 136 valence electrons. The Morgan fingerprint density at radius 2 is 1.73 bits per heavy atom. The molecule has 0 aromatic heterocycles. The van der Waals surface area contributed by atoms with Gasteiger partial charge in [0.2, 0.25) is 0 Å². The van der Waals surface area contributed by atoms with Gasteiger partial charge in [-0.3, -0.25) is 14.4 Å². The highest BCUT2D eigenvalue weighted by Crippen LogP contribution is 2.10. The molecule has 0 radical (unpaired) electrons. The molecule has 1 unspecified atom stereocenters. The fraction of sp³-hybridized carbons (Fsp3) is 0.211. The maximum atomic E-state index is 13.5. The highest BCUT2D eigenvalue weighted by Gasteiger charge is 2.19. The van der Waals surface area contributed by atoms with E-state index in [4.69, 9.17) is 4.74 Å². The lowest BCUT2D eigenvalue weighted by atomic mass is 10.2. The standard InChI is InChI=1S/C19H19FN2O4/c1-12-7-9-14(10-8-12)22-18(24)13(2)26-17(23)11-21-19(25)15-5-3-4-6-16(15)20/h3-10,13H,11H2,1-2H3,(H,21,25)(H,22,24). The van der Waals surface area contributed by atoms with Gasteiger partial charge in [-0.25, -0.2) is 4.39 Å². The Bertz CT molecular complexity index is 805. The van der Waals surface area contributed by atoms with Crippen molar-refractivity contribution in [2.75, 3.05) is 11.9 Å². The van der Waals surface area contributed by atoms with Crippen molar-refractivity contribution in [1.82, 2.24) is 5.32 Å². The van der Waals surface area contributed by atoms with Crippen LogP contribution in [0.1, 0.15) is 22.8 Å². The molecule has 2 amide bonds. The maximum Gasteiger partial charge on any atom is 0.326 e. The Morgan fingerprint density at radius 1 is 1.08 bits per heavy atom. The van der Waals surface area contributed by atoms with E-state index >= 15 is 0 Å². The molecular formula is C19H19FN2O4. The smallest absolute Gasteiger partial charge is 0.326 e. The molecule has 2 rings (SSSR count). The molecule has 0 spiro atoms. The molecular weight excluding hydrogens is 339 g/mol. The molecule has 0 aliphatic carbocycles. The van der Waals surface area contributed by atoms with Gasteiger partial charge in [0.1, 0.15) is 12.4 Å². The molecule has 0 bridgehead atoms. The summed E-state index contributed by atoms with van der Waals surface area (Å²) in [5, 5.41) is 4.87. The van der Waals surface area contributed by atoms with Gasteiger partial charge in [0.25, 0.3) is 11.8 Å². The fourth-order valence-corrected chi connectivity index (χ4v) is 2.07. The Kier molecular flexibility index (Phi) is 6.43. The van der Waals surface area contributed by atoms with Crippen molar-refractivity contribution in [1.29, 1.82) is 0 Å². The van der Waals surface area contributed by atoms with Gasteiger partial charge in [-0.15, -0.1) is 0 Å². The summed E-state index contributed by atoms with van der Waals surface area (Å²) >= 11 is 0. The number of hydrogen-bond acceptors (Lipinski definition) is 4. The molecule has 0 saturated carbocycles. The highest BCUT2D eigenvalue weighted by atomic mass is 19.1. The number of aryl methyl sites for hydroxylation is 1. The van der Waals surface area contributed by atoms with Gasteiger partial charge in [0, 0.05) is 5.69 Å². The van der Waals surface area contributed by atoms with Crippen LogP contribution in [0.5, 0.6) is 0 Å². The summed E-state index contributed by atoms with van der Waals surface area (Å²) in [7, 11) is 0. The predicted molar refractivity (Wildman–Crippen MR) is 94.1 cm³/mol. The minimum atomic E-state index is -1.05. The summed E-state index contributed by atoms with van der Waals surface area (Å²) in [6, 6.07) is 12.5. The van der Waals surface area contributed by atoms with E-state index in [-0.39, 0.29) is 5.56 Å². The molecule has 0 saturated heterocycles.